The number of rotatable bonds is 12. The Morgan fingerprint density at radius 2 is 1.08 bits per heavy atom. The highest BCUT2D eigenvalue weighted by Crippen LogP contribution is 2.40. The van der Waals surface area contributed by atoms with Gasteiger partial charge >= 0.3 is 0 Å². The van der Waals surface area contributed by atoms with Crippen molar-refractivity contribution in [3.63, 3.8) is 0 Å². The highest BCUT2D eigenvalue weighted by Gasteiger charge is 2.37. The minimum Gasteiger partial charge on any atom is -0.456 e. The van der Waals surface area contributed by atoms with Gasteiger partial charge in [-0.15, -0.1) is 4.13 Å². The molecule has 0 saturated heterocycles. The second-order valence-electron chi connectivity index (χ2n) is 17.3. The number of hydrogen-bond donors (Lipinski definition) is 1. The molecule has 0 amide bonds. The predicted octanol–water partition coefficient (Wildman–Crippen LogP) is 11.3. The molecule has 13 heteroatoms. The van der Waals surface area contributed by atoms with Gasteiger partial charge in [-0.3, -0.25) is 0 Å². The molecule has 6 aromatic rings. The minimum absolute atomic E-state index is 0.0302. The maximum absolute atomic E-state index is 14.8. The van der Waals surface area contributed by atoms with Gasteiger partial charge in [-0.25, -0.2) is 38.8 Å². The Kier molecular flexibility index (Phi) is 12.9. The Morgan fingerprint density at radius 1 is 0.547 bits per heavy atom. The van der Waals surface area contributed by atoms with E-state index in [9.17, 15) is 38.8 Å². The number of benzene rings is 6. The molecule has 6 aromatic carbocycles. The Morgan fingerprint density at radius 3 is 1.64 bits per heavy atom. The zero-order valence-electron chi connectivity index (χ0n) is 36.6. The average Bonchev–Trinajstić information content (AvgIpc) is 3.23. The van der Waals surface area contributed by atoms with E-state index in [4.69, 9.17) is 4.74 Å². The first-order valence-corrected chi connectivity index (χ1v) is 23.9. The summed E-state index contributed by atoms with van der Waals surface area (Å²) in [4.78, 5) is -2.99. The van der Waals surface area contributed by atoms with Gasteiger partial charge in [-0.2, -0.15) is 0 Å². The van der Waals surface area contributed by atoms with Crippen LogP contribution in [0.2, 0.25) is 0 Å². The van der Waals surface area contributed by atoms with Crippen molar-refractivity contribution in [1.29, 1.82) is 0 Å². The predicted molar refractivity (Wildman–Crippen MR) is 240 cm³/mol. The molecule has 1 aliphatic heterocycles. The molecule has 0 aromatic heterocycles. The summed E-state index contributed by atoms with van der Waals surface area (Å²) in [7, 11) is -11.3. The van der Waals surface area contributed by atoms with Crippen LogP contribution in [0, 0.1) is 29.1 Å². The van der Waals surface area contributed by atoms with Crippen LogP contribution in [0.5, 0.6) is 11.5 Å². The second kappa shape index (κ2) is 17.7. The molecule has 0 fully saturated rings. The average molecular weight is 914 g/mol. The lowest BCUT2D eigenvalue weighted by Crippen LogP contribution is -2.33. The van der Waals surface area contributed by atoms with Crippen LogP contribution in [0.4, 0.5) is 22.0 Å². The first-order valence-electron chi connectivity index (χ1n) is 20.9. The lowest BCUT2D eigenvalue weighted by atomic mass is 9.85. The number of fused-ring (bicyclic) bond motifs is 2. The van der Waals surface area contributed by atoms with E-state index >= 15 is 0 Å². The summed E-state index contributed by atoms with van der Waals surface area (Å²) in [6.07, 6.45) is 2.64. The lowest BCUT2D eigenvalue weighted by molar-refractivity contribution is 0.357. The molecule has 0 atom stereocenters. The molecule has 6 nitrogen and oxygen atoms in total. The molecule has 1 heterocycles. The Balaban J connectivity index is 1.45. The molecule has 7 rings (SSSR count). The third-order valence-corrected chi connectivity index (χ3v) is 15.1. The lowest BCUT2D eigenvalue weighted by Gasteiger charge is -2.24. The van der Waals surface area contributed by atoms with Crippen LogP contribution in [-0.2, 0) is 26.5 Å². The van der Waals surface area contributed by atoms with Crippen LogP contribution >= 0.6 is 0 Å². The molecule has 0 bridgehead atoms. The smallest absolute Gasteiger partial charge is 0.259 e. The zero-order valence-corrected chi connectivity index (χ0v) is 38.2. The number of hydrogen-bond acceptors (Lipinski definition) is 5. The fourth-order valence-corrected chi connectivity index (χ4v) is 11.7. The third kappa shape index (κ3) is 8.65. The van der Waals surface area contributed by atoms with E-state index in [0.717, 1.165) is 33.5 Å². The molecular formula is C51H48F5NO5S2. The van der Waals surface area contributed by atoms with Crippen molar-refractivity contribution in [1.82, 2.24) is 4.13 Å². The maximum Gasteiger partial charge on any atom is 0.259 e. The van der Waals surface area contributed by atoms with Gasteiger partial charge in [-0.05, 0) is 105 Å². The van der Waals surface area contributed by atoms with E-state index < -0.39 is 58.9 Å². The highest BCUT2D eigenvalue weighted by atomic mass is 32.3. The van der Waals surface area contributed by atoms with Crippen molar-refractivity contribution >= 4 is 31.7 Å². The van der Waals surface area contributed by atoms with Crippen molar-refractivity contribution in [2.75, 3.05) is 0 Å². The zero-order chi connectivity index (χ0) is 46.6. The van der Waals surface area contributed by atoms with Crippen LogP contribution in [0.25, 0.3) is 11.6 Å². The molecule has 0 unspecified atom stereocenters. The van der Waals surface area contributed by atoms with E-state index in [2.05, 4.69) is 91.8 Å². The molecule has 0 aliphatic carbocycles. The molecule has 334 valence electrons. The van der Waals surface area contributed by atoms with E-state index in [1.807, 2.05) is 30.3 Å². The fourth-order valence-electron chi connectivity index (χ4n) is 8.46. The number of ether oxygens (including phenoxy) is 1. The standard InChI is InChI=1S/C51H48F5NO5S2/c1-27(2)33-14-11-15-34(28(3)4)40(33)23-31-19-21-37-42(25-31)62-43-26-32(24-41-35(29(5)6)16-12-17-36(41)30(7)8)20-22-38(43)45(37)39-13-9-10-18-44(39)63(58,59)57-64(60,61)51-49(55)47(53)46(52)48(54)50(51)56/h9-23,25-30,57H,24H2,1-8H3/b31-23+. The maximum atomic E-state index is 14.8. The van der Waals surface area contributed by atoms with Crippen molar-refractivity contribution in [2.24, 2.45) is 0 Å². The molecule has 0 spiro atoms. The summed E-state index contributed by atoms with van der Waals surface area (Å²) in [5.41, 5.74) is 8.62. The Labute approximate surface area is 371 Å². The summed E-state index contributed by atoms with van der Waals surface area (Å²) in [6, 6.07) is 29.0. The summed E-state index contributed by atoms with van der Waals surface area (Å²) in [6.45, 7) is 17.1. The third-order valence-electron chi connectivity index (χ3n) is 11.5. The normalized spacial score (nSPS) is 13.3. The van der Waals surface area contributed by atoms with Crippen molar-refractivity contribution in [3.05, 3.63) is 187 Å². The van der Waals surface area contributed by atoms with Gasteiger partial charge in [0, 0.05) is 21.9 Å². The van der Waals surface area contributed by atoms with E-state index in [1.54, 1.807) is 12.1 Å². The van der Waals surface area contributed by atoms with Crippen LogP contribution in [-0.4, -0.2) is 16.8 Å². The number of nitrogens with one attached hydrogen (secondary N) is 1. The van der Waals surface area contributed by atoms with E-state index in [1.165, 1.54) is 39.0 Å². The van der Waals surface area contributed by atoms with Crippen LogP contribution in [0.1, 0.15) is 129 Å². The quantitative estimate of drug-likeness (QED) is 0.0749. The molecule has 0 saturated carbocycles. The molecule has 1 aliphatic rings. The van der Waals surface area contributed by atoms with Gasteiger partial charge in [0.05, 0.1) is 4.90 Å². The SMILES string of the molecule is CC(C)c1cccc(C(C)C)c1/C=c1\ccc2c(c1)Oc1cc(Cc3c(C(C)C)cccc3C(C)C)ccc1C=2c1ccccc1S(=O)(=O)NS(=O)(=O)c1c(F)c(F)c(F)c(F)c1F. The Hall–Kier alpha value is -5.63. The first-order chi connectivity index (χ1) is 30.1. The second-order valence-corrected chi connectivity index (χ2v) is 20.8. The first kappa shape index (κ1) is 46.4. The monoisotopic (exact) mass is 913 g/mol. The van der Waals surface area contributed by atoms with Gasteiger partial charge in [-0.1, -0.05) is 128 Å². The van der Waals surface area contributed by atoms with Crippen molar-refractivity contribution in [2.45, 2.75) is 95.3 Å². The number of sulfonamides is 2. The van der Waals surface area contributed by atoms with Crippen LogP contribution in [0.15, 0.2) is 107 Å². The summed E-state index contributed by atoms with van der Waals surface area (Å²) in [5.74, 6) is -11.5. The van der Waals surface area contributed by atoms with E-state index in [0.29, 0.717) is 34.3 Å². The van der Waals surface area contributed by atoms with Gasteiger partial charge in [0.2, 0.25) is 5.82 Å². The number of halogens is 5. The van der Waals surface area contributed by atoms with Gasteiger partial charge < -0.3 is 4.74 Å². The van der Waals surface area contributed by atoms with Crippen molar-refractivity contribution in [3.8, 4) is 11.5 Å². The molecule has 0 radical (unpaired) electrons. The minimum atomic E-state index is -5.94. The Bertz CT molecular complexity index is 3120. The molecule has 64 heavy (non-hydrogen) atoms. The summed E-state index contributed by atoms with van der Waals surface area (Å²) < 4.78 is 135. The summed E-state index contributed by atoms with van der Waals surface area (Å²) >= 11 is 0. The summed E-state index contributed by atoms with van der Waals surface area (Å²) in [5, 5.41) is 1.23. The molecular weight excluding hydrogens is 866 g/mol. The highest BCUT2D eigenvalue weighted by molar-refractivity contribution is 8.04. The van der Waals surface area contributed by atoms with Gasteiger partial charge in [0.25, 0.3) is 20.0 Å². The van der Waals surface area contributed by atoms with Gasteiger partial charge in [0.15, 0.2) is 28.2 Å². The topological polar surface area (TPSA) is 89.5 Å². The molecule has 1 N–H and O–H groups in total. The van der Waals surface area contributed by atoms with Gasteiger partial charge in [0.1, 0.15) is 11.5 Å². The van der Waals surface area contributed by atoms with Crippen LogP contribution in [0.3, 0.4) is 0 Å². The van der Waals surface area contributed by atoms with Crippen LogP contribution < -0.4 is 19.3 Å². The largest absolute Gasteiger partial charge is 0.456 e. The van der Waals surface area contributed by atoms with Crippen molar-refractivity contribution < 1.29 is 43.5 Å². The van der Waals surface area contributed by atoms with E-state index in [-0.39, 0.29) is 29.2 Å². The fraction of sp³-hybridized carbons (Fsp3) is 0.255.